The van der Waals surface area contributed by atoms with Crippen LogP contribution >= 0.6 is 23.4 Å². The summed E-state index contributed by atoms with van der Waals surface area (Å²) in [7, 11) is 1.52. The van der Waals surface area contributed by atoms with E-state index in [-0.39, 0.29) is 24.0 Å². The average molecular weight is 442 g/mol. The Morgan fingerprint density at radius 3 is 2.77 bits per heavy atom. The van der Waals surface area contributed by atoms with Gasteiger partial charge in [0.05, 0.1) is 34.6 Å². The van der Waals surface area contributed by atoms with Crippen molar-refractivity contribution in [2.75, 3.05) is 12.9 Å². The van der Waals surface area contributed by atoms with Gasteiger partial charge in [-0.1, -0.05) is 59.8 Å². The van der Waals surface area contributed by atoms with Gasteiger partial charge in [0.2, 0.25) is 11.8 Å². The highest BCUT2D eigenvalue weighted by molar-refractivity contribution is 8.03. The fraction of sp³-hybridized carbons (Fsp3) is 0.227. The number of rotatable bonds is 7. The van der Waals surface area contributed by atoms with Gasteiger partial charge in [-0.2, -0.15) is 5.26 Å². The first-order chi connectivity index (χ1) is 14.5. The minimum Gasteiger partial charge on any atom is -0.495 e. The molecule has 0 saturated carbocycles. The van der Waals surface area contributed by atoms with Gasteiger partial charge in [0.25, 0.3) is 0 Å². The van der Waals surface area contributed by atoms with Crippen LogP contribution in [0, 0.1) is 11.3 Å². The van der Waals surface area contributed by atoms with Crippen molar-refractivity contribution in [3.8, 4) is 11.8 Å². The number of carbonyl (C=O) groups is 2. The highest BCUT2D eigenvalue weighted by Crippen LogP contribution is 2.38. The number of amides is 2. The summed E-state index contributed by atoms with van der Waals surface area (Å²) in [6.45, 7) is 0.420. The van der Waals surface area contributed by atoms with Crippen molar-refractivity contribution in [1.82, 2.24) is 10.6 Å². The molecule has 3 rings (SSSR count). The summed E-state index contributed by atoms with van der Waals surface area (Å²) >= 11 is 7.36. The Balaban J connectivity index is 1.72. The first kappa shape index (κ1) is 21.8. The largest absolute Gasteiger partial charge is 0.495 e. The monoisotopic (exact) mass is 441 g/mol. The van der Waals surface area contributed by atoms with Crippen molar-refractivity contribution in [2.24, 2.45) is 0 Å². The third-order valence-corrected chi connectivity index (χ3v) is 5.93. The molecule has 6 nitrogen and oxygen atoms in total. The van der Waals surface area contributed by atoms with Crippen molar-refractivity contribution in [1.29, 1.82) is 5.26 Å². The van der Waals surface area contributed by atoms with E-state index in [2.05, 4.69) is 16.7 Å². The van der Waals surface area contributed by atoms with Crippen molar-refractivity contribution < 1.29 is 14.3 Å². The van der Waals surface area contributed by atoms with Gasteiger partial charge in [-0.25, -0.2) is 0 Å². The van der Waals surface area contributed by atoms with E-state index in [0.29, 0.717) is 27.9 Å². The molecule has 154 valence electrons. The summed E-state index contributed by atoms with van der Waals surface area (Å²) < 4.78 is 5.17. The SMILES string of the molecule is COc1ccc([C@@H]2CC(=O)NC(SCC(=O)NCc3ccccc3)=C2C#N)cc1Cl. The van der Waals surface area contributed by atoms with Crippen LogP contribution in [0.5, 0.6) is 5.75 Å². The highest BCUT2D eigenvalue weighted by atomic mass is 35.5. The maximum atomic E-state index is 12.3. The number of ether oxygens (including phenoxy) is 1. The molecule has 2 aromatic carbocycles. The quantitative estimate of drug-likeness (QED) is 0.683. The smallest absolute Gasteiger partial charge is 0.230 e. The van der Waals surface area contributed by atoms with Gasteiger partial charge in [-0.3, -0.25) is 9.59 Å². The standard InChI is InChI=1S/C22H20ClN3O3S/c1-29-19-8-7-15(9-18(19)23)16-10-20(27)26-22(17(16)11-24)30-13-21(28)25-12-14-5-3-2-4-6-14/h2-9,16H,10,12-13H2,1H3,(H,25,28)(H,26,27)/t16-/m0/s1. The predicted octanol–water partition coefficient (Wildman–Crippen LogP) is 3.74. The van der Waals surface area contributed by atoms with Crippen LogP contribution in [0.2, 0.25) is 5.02 Å². The van der Waals surface area contributed by atoms with Gasteiger partial charge in [-0.05, 0) is 23.3 Å². The summed E-state index contributed by atoms with van der Waals surface area (Å²) in [6.07, 6.45) is 0.135. The van der Waals surface area contributed by atoms with Crippen molar-refractivity contribution in [3.63, 3.8) is 0 Å². The van der Waals surface area contributed by atoms with Crippen LogP contribution in [0.15, 0.2) is 59.1 Å². The van der Waals surface area contributed by atoms with Crippen molar-refractivity contribution in [3.05, 3.63) is 75.3 Å². The van der Waals surface area contributed by atoms with E-state index in [1.807, 2.05) is 30.3 Å². The number of nitrogens with zero attached hydrogens (tertiary/aromatic N) is 1. The molecule has 1 atom stereocenters. The number of thioether (sulfide) groups is 1. The highest BCUT2D eigenvalue weighted by Gasteiger charge is 2.30. The third-order valence-electron chi connectivity index (χ3n) is 4.61. The Kier molecular flexibility index (Phi) is 7.39. The number of nitrogens with one attached hydrogen (secondary N) is 2. The van der Waals surface area contributed by atoms with Crippen molar-refractivity contribution >= 4 is 35.2 Å². The third kappa shape index (κ3) is 5.35. The zero-order valence-electron chi connectivity index (χ0n) is 16.3. The average Bonchev–Trinajstić information content (AvgIpc) is 2.76. The molecular formula is C22H20ClN3O3S. The fourth-order valence-corrected chi connectivity index (χ4v) is 4.28. The first-order valence-corrected chi connectivity index (χ1v) is 10.6. The maximum Gasteiger partial charge on any atom is 0.230 e. The molecule has 1 aliphatic rings. The summed E-state index contributed by atoms with van der Waals surface area (Å²) in [5.74, 6) is -0.213. The molecule has 0 fully saturated rings. The van der Waals surface area contributed by atoms with Crippen LogP contribution in [-0.4, -0.2) is 24.7 Å². The Morgan fingerprint density at radius 2 is 2.10 bits per heavy atom. The summed E-state index contributed by atoms with van der Waals surface area (Å²) in [6, 6.07) is 17.0. The van der Waals surface area contributed by atoms with Crippen molar-refractivity contribution in [2.45, 2.75) is 18.9 Å². The van der Waals surface area contributed by atoms with E-state index >= 15 is 0 Å². The lowest BCUT2D eigenvalue weighted by Crippen LogP contribution is -2.32. The lowest BCUT2D eigenvalue weighted by molar-refractivity contribution is -0.121. The lowest BCUT2D eigenvalue weighted by Gasteiger charge is -2.25. The van der Waals surface area contributed by atoms with E-state index in [0.717, 1.165) is 22.9 Å². The van der Waals surface area contributed by atoms with Crippen LogP contribution in [-0.2, 0) is 16.1 Å². The summed E-state index contributed by atoms with van der Waals surface area (Å²) in [4.78, 5) is 24.5. The molecule has 2 aromatic rings. The number of benzene rings is 2. The van der Waals surface area contributed by atoms with E-state index in [4.69, 9.17) is 16.3 Å². The molecule has 0 aromatic heterocycles. The molecule has 0 radical (unpaired) electrons. The van der Waals surface area contributed by atoms with E-state index < -0.39 is 5.92 Å². The molecule has 2 amide bonds. The van der Waals surface area contributed by atoms with Crippen LogP contribution in [0.25, 0.3) is 0 Å². The number of nitriles is 1. The molecule has 0 aliphatic carbocycles. The Morgan fingerprint density at radius 1 is 1.33 bits per heavy atom. The molecule has 30 heavy (non-hydrogen) atoms. The normalized spacial score (nSPS) is 15.9. The molecule has 2 N–H and O–H groups in total. The predicted molar refractivity (Wildman–Crippen MR) is 117 cm³/mol. The topological polar surface area (TPSA) is 91.2 Å². The second-order valence-corrected chi connectivity index (χ2v) is 8.00. The molecule has 8 heteroatoms. The van der Waals surface area contributed by atoms with Crippen LogP contribution < -0.4 is 15.4 Å². The minimum atomic E-state index is -0.429. The number of hydrogen-bond acceptors (Lipinski definition) is 5. The van der Waals surface area contributed by atoms with Gasteiger partial charge in [0.1, 0.15) is 5.75 Å². The van der Waals surface area contributed by atoms with Gasteiger partial charge in [0, 0.05) is 18.9 Å². The number of allylic oxidation sites excluding steroid dienone is 1. The first-order valence-electron chi connectivity index (χ1n) is 9.22. The zero-order chi connectivity index (χ0) is 21.5. The number of hydrogen-bond donors (Lipinski definition) is 2. The van der Waals surface area contributed by atoms with Crippen LogP contribution in [0.4, 0.5) is 0 Å². The molecule has 1 heterocycles. The van der Waals surface area contributed by atoms with E-state index in [1.165, 1.54) is 7.11 Å². The Labute approximate surface area is 184 Å². The molecule has 0 saturated heterocycles. The molecular weight excluding hydrogens is 422 g/mol. The van der Waals surface area contributed by atoms with Gasteiger partial charge < -0.3 is 15.4 Å². The second-order valence-electron chi connectivity index (χ2n) is 6.60. The minimum absolute atomic E-state index is 0.0870. The van der Waals surface area contributed by atoms with Gasteiger partial charge in [-0.15, -0.1) is 0 Å². The Hall–Kier alpha value is -2.95. The lowest BCUT2D eigenvalue weighted by atomic mass is 9.87. The van der Waals surface area contributed by atoms with E-state index in [9.17, 15) is 14.9 Å². The number of methoxy groups -OCH3 is 1. The molecule has 0 unspecified atom stereocenters. The summed E-state index contributed by atoms with van der Waals surface area (Å²) in [5.41, 5.74) is 2.16. The summed E-state index contributed by atoms with van der Waals surface area (Å²) in [5, 5.41) is 16.1. The second kappa shape index (κ2) is 10.2. The van der Waals surface area contributed by atoms with Gasteiger partial charge in [0.15, 0.2) is 0 Å². The number of halogens is 1. The molecule has 0 spiro atoms. The van der Waals surface area contributed by atoms with Crippen LogP contribution in [0.3, 0.4) is 0 Å². The van der Waals surface area contributed by atoms with Crippen LogP contribution in [0.1, 0.15) is 23.5 Å². The molecule has 0 bridgehead atoms. The Bertz CT molecular complexity index is 1020. The van der Waals surface area contributed by atoms with Gasteiger partial charge >= 0.3 is 0 Å². The zero-order valence-corrected chi connectivity index (χ0v) is 17.8. The van der Waals surface area contributed by atoms with E-state index in [1.54, 1.807) is 18.2 Å². The fourth-order valence-electron chi connectivity index (χ4n) is 3.10. The maximum absolute atomic E-state index is 12.3. The number of carbonyl (C=O) groups excluding carboxylic acids is 2. The molecule has 1 aliphatic heterocycles.